The van der Waals surface area contributed by atoms with Gasteiger partial charge < -0.3 is 9.59 Å². The Morgan fingerprint density at radius 1 is 0.789 bits per heavy atom. The molecular formula is C17H36NO+. The summed E-state index contributed by atoms with van der Waals surface area (Å²) in [6.45, 7) is 4.41. The standard InChI is InChI=1S/C17H35NO/c1-4-5-6-7-8-9-10-11-12-13-15-18(2,3)16-14-17-19/h14,17H,4-13,15-16H2,1-3H3/p+1/b17-14+. The fourth-order valence-electron chi connectivity index (χ4n) is 2.45. The molecule has 0 bridgehead atoms. The molecule has 2 heteroatoms. The smallest absolute Gasteiger partial charge is 0.100 e. The van der Waals surface area contributed by atoms with Gasteiger partial charge in [0, 0.05) is 6.08 Å². The normalized spacial score (nSPS) is 12.4. The predicted octanol–water partition coefficient (Wildman–Crippen LogP) is 5.06. The Labute approximate surface area is 121 Å². The summed E-state index contributed by atoms with van der Waals surface area (Å²) in [5.74, 6) is 0. The molecule has 0 amide bonds. The number of aliphatic hydroxyl groups is 1. The summed E-state index contributed by atoms with van der Waals surface area (Å²) in [4.78, 5) is 0. The Hall–Kier alpha value is -0.500. The number of likely N-dealkylation sites (N-methyl/N-ethyl adjacent to an activating group) is 1. The fraction of sp³-hybridized carbons (Fsp3) is 0.882. The molecule has 0 aromatic rings. The minimum absolute atomic E-state index is 0.925. The van der Waals surface area contributed by atoms with Crippen LogP contribution in [0.4, 0.5) is 0 Å². The van der Waals surface area contributed by atoms with E-state index in [1.807, 2.05) is 6.08 Å². The minimum atomic E-state index is 0.925. The summed E-state index contributed by atoms with van der Waals surface area (Å²) in [5.41, 5.74) is 0. The molecule has 19 heavy (non-hydrogen) atoms. The first-order valence-electron chi connectivity index (χ1n) is 8.23. The summed E-state index contributed by atoms with van der Waals surface area (Å²) in [7, 11) is 4.46. The molecule has 0 fully saturated rings. The molecule has 0 radical (unpaired) electrons. The molecule has 0 aliphatic carbocycles. The zero-order valence-electron chi connectivity index (χ0n) is 13.5. The van der Waals surface area contributed by atoms with Crippen molar-refractivity contribution in [3.05, 3.63) is 12.3 Å². The Bertz CT molecular complexity index is 211. The zero-order chi connectivity index (χ0) is 14.4. The summed E-state index contributed by atoms with van der Waals surface area (Å²) in [6, 6.07) is 0. The molecule has 0 saturated carbocycles. The molecule has 0 aliphatic heterocycles. The SMILES string of the molecule is CCCCCCCCCCCC[N+](C)(C)C/C=C/O. The lowest BCUT2D eigenvalue weighted by atomic mass is 10.1. The van der Waals surface area contributed by atoms with Crippen LogP contribution in [0.1, 0.15) is 71.1 Å². The van der Waals surface area contributed by atoms with Crippen molar-refractivity contribution in [3.8, 4) is 0 Å². The van der Waals surface area contributed by atoms with Gasteiger partial charge in [0.25, 0.3) is 0 Å². The molecule has 0 spiro atoms. The van der Waals surface area contributed by atoms with Crippen LogP contribution in [0.5, 0.6) is 0 Å². The maximum atomic E-state index is 8.69. The molecule has 0 rings (SSSR count). The van der Waals surface area contributed by atoms with Crippen molar-refractivity contribution in [3.63, 3.8) is 0 Å². The van der Waals surface area contributed by atoms with Gasteiger partial charge in [-0.1, -0.05) is 58.3 Å². The number of unbranched alkanes of at least 4 members (excludes halogenated alkanes) is 9. The van der Waals surface area contributed by atoms with Gasteiger partial charge in [-0.3, -0.25) is 0 Å². The molecule has 114 valence electrons. The molecular weight excluding hydrogens is 234 g/mol. The van der Waals surface area contributed by atoms with E-state index in [0.29, 0.717) is 0 Å². The van der Waals surface area contributed by atoms with Crippen LogP contribution in [0.2, 0.25) is 0 Å². The Morgan fingerprint density at radius 2 is 1.26 bits per heavy atom. The molecule has 0 saturated heterocycles. The highest BCUT2D eigenvalue weighted by atomic mass is 16.2. The third kappa shape index (κ3) is 13.7. The Balaban J connectivity index is 3.26. The molecule has 0 unspecified atom stereocenters. The highest BCUT2D eigenvalue weighted by Crippen LogP contribution is 2.11. The first-order chi connectivity index (χ1) is 9.12. The number of nitrogens with zero attached hydrogens (tertiary/aromatic N) is 1. The van der Waals surface area contributed by atoms with Gasteiger partial charge in [0.05, 0.1) is 26.9 Å². The molecule has 0 aromatic carbocycles. The van der Waals surface area contributed by atoms with Crippen molar-refractivity contribution in [2.45, 2.75) is 71.1 Å². The van der Waals surface area contributed by atoms with Crippen LogP contribution in [0.15, 0.2) is 12.3 Å². The van der Waals surface area contributed by atoms with Crippen LogP contribution < -0.4 is 0 Å². The van der Waals surface area contributed by atoms with Crippen LogP contribution in [-0.2, 0) is 0 Å². The third-order valence-electron chi connectivity index (χ3n) is 3.82. The lowest BCUT2D eigenvalue weighted by Crippen LogP contribution is -2.40. The monoisotopic (exact) mass is 270 g/mol. The number of rotatable bonds is 13. The zero-order valence-corrected chi connectivity index (χ0v) is 13.5. The first-order valence-corrected chi connectivity index (χ1v) is 8.23. The summed E-state index contributed by atoms with van der Waals surface area (Å²) in [6.07, 6.45) is 17.0. The second-order valence-electron chi connectivity index (χ2n) is 6.41. The van der Waals surface area contributed by atoms with Gasteiger partial charge in [0.1, 0.15) is 6.54 Å². The van der Waals surface area contributed by atoms with E-state index in [4.69, 9.17) is 5.11 Å². The predicted molar refractivity (Wildman–Crippen MR) is 85.5 cm³/mol. The van der Waals surface area contributed by atoms with E-state index in [1.54, 1.807) is 0 Å². The van der Waals surface area contributed by atoms with E-state index in [2.05, 4.69) is 21.0 Å². The van der Waals surface area contributed by atoms with E-state index in [1.165, 1.54) is 77.0 Å². The van der Waals surface area contributed by atoms with Crippen molar-refractivity contribution >= 4 is 0 Å². The molecule has 1 N–H and O–H groups in total. The Kier molecular flexibility index (Phi) is 12.2. The maximum absolute atomic E-state index is 8.69. The largest absolute Gasteiger partial charge is 0.516 e. The summed E-state index contributed by atoms with van der Waals surface area (Å²) < 4.78 is 0.980. The van der Waals surface area contributed by atoms with Gasteiger partial charge in [-0.15, -0.1) is 0 Å². The lowest BCUT2D eigenvalue weighted by molar-refractivity contribution is -0.884. The highest BCUT2D eigenvalue weighted by Gasteiger charge is 2.11. The van der Waals surface area contributed by atoms with Crippen LogP contribution >= 0.6 is 0 Å². The van der Waals surface area contributed by atoms with Crippen molar-refractivity contribution in [2.24, 2.45) is 0 Å². The number of hydrogen-bond donors (Lipinski definition) is 1. The molecule has 0 atom stereocenters. The maximum Gasteiger partial charge on any atom is 0.100 e. The van der Waals surface area contributed by atoms with Crippen LogP contribution in [0.3, 0.4) is 0 Å². The van der Waals surface area contributed by atoms with Crippen molar-refractivity contribution in [1.29, 1.82) is 0 Å². The van der Waals surface area contributed by atoms with Gasteiger partial charge in [-0.05, 0) is 12.8 Å². The third-order valence-corrected chi connectivity index (χ3v) is 3.82. The molecule has 0 aliphatic rings. The molecule has 0 aromatic heterocycles. The van der Waals surface area contributed by atoms with Crippen molar-refractivity contribution in [2.75, 3.05) is 27.2 Å². The minimum Gasteiger partial charge on any atom is -0.516 e. The highest BCUT2D eigenvalue weighted by molar-refractivity contribution is 4.70. The average Bonchev–Trinajstić information content (AvgIpc) is 2.38. The summed E-state index contributed by atoms with van der Waals surface area (Å²) >= 11 is 0. The van der Waals surface area contributed by atoms with Gasteiger partial charge in [-0.25, -0.2) is 0 Å². The summed E-state index contributed by atoms with van der Waals surface area (Å²) in [5, 5.41) is 8.69. The lowest BCUT2D eigenvalue weighted by Gasteiger charge is -2.28. The van der Waals surface area contributed by atoms with E-state index in [9.17, 15) is 0 Å². The van der Waals surface area contributed by atoms with Gasteiger partial charge in [0.2, 0.25) is 0 Å². The number of quaternary nitrogens is 1. The second-order valence-corrected chi connectivity index (χ2v) is 6.41. The van der Waals surface area contributed by atoms with E-state index >= 15 is 0 Å². The van der Waals surface area contributed by atoms with Gasteiger partial charge in [-0.2, -0.15) is 0 Å². The van der Waals surface area contributed by atoms with Crippen LogP contribution in [0, 0.1) is 0 Å². The van der Waals surface area contributed by atoms with Crippen molar-refractivity contribution < 1.29 is 9.59 Å². The van der Waals surface area contributed by atoms with Crippen LogP contribution in [0.25, 0.3) is 0 Å². The van der Waals surface area contributed by atoms with Crippen molar-refractivity contribution in [1.82, 2.24) is 0 Å². The average molecular weight is 270 g/mol. The molecule has 0 heterocycles. The second kappa shape index (κ2) is 12.5. The fourth-order valence-corrected chi connectivity index (χ4v) is 2.45. The number of aliphatic hydroxyl groups excluding tert-OH is 1. The van der Waals surface area contributed by atoms with Gasteiger partial charge in [0.15, 0.2) is 0 Å². The van der Waals surface area contributed by atoms with E-state index < -0.39 is 0 Å². The topological polar surface area (TPSA) is 20.2 Å². The Morgan fingerprint density at radius 3 is 1.74 bits per heavy atom. The van der Waals surface area contributed by atoms with E-state index in [0.717, 1.165) is 11.0 Å². The van der Waals surface area contributed by atoms with E-state index in [-0.39, 0.29) is 0 Å². The van der Waals surface area contributed by atoms with Gasteiger partial charge >= 0.3 is 0 Å². The molecule has 2 nitrogen and oxygen atoms in total. The first kappa shape index (κ1) is 18.5. The van der Waals surface area contributed by atoms with Crippen LogP contribution in [-0.4, -0.2) is 36.8 Å². The quantitative estimate of drug-likeness (QED) is 0.282. The number of hydrogen-bond acceptors (Lipinski definition) is 1.